The molecule has 2 aromatic heterocycles. The third kappa shape index (κ3) is 2.74. The van der Waals surface area contributed by atoms with E-state index in [2.05, 4.69) is 19.9 Å². The first kappa shape index (κ1) is 13.9. The fraction of sp³-hybridized carbons (Fsp3) is 0.444. The molecular formula is C9H13N5O3S2. The molecule has 2 N–H and O–H groups in total. The van der Waals surface area contributed by atoms with Gasteiger partial charge in [-0.25, -0.2) is 8.42 Å². The molecule has 0 aliphatic heterocycles. The summed E-state index contributed by atoms with van der Waals surface area (Å²) in [5.41, 5.74) is 0.327. The number of aromatic amines is 1. The van der Waals surface area contributed by atoms with Crippen LogP contribution >= 0.6 is 11.3 Å². The second-order valence-corrected chi connectivity index (χ2v) is 6.96. The highest BCUT2D eigenvalue weighted by atomic mass is 32.2. The van der Waals surface area contributed by atoms with E-state index in [4.69, 9.17) is 0 Å². The SMILES string of the molecule is Cc1[nH]c(=O)sc1S(=O)(=O)NC(C)c1nncn1C. The lowest BCUT2D eigenvalue weighted by atomic mass is 10.3. The molecule has 0 bridgehead atoms. The number of aryl methyl sites for hydroxylation is 2. The Kier molecular flexibility index (Phi) is 3.56. The molecule has 0 radical (unpaired) electrons. The van der Waals surface area contributed by atoms with Crippen molar-refractivity contribution in [2.45, 2.75) is 24.1 Å². The Morgan fingerprint density at radius 1 is 1.53 bits per heavy atom. The third-order valence-electron chi connectivity index (χ3n) is 2.49. The van der Waals surface area contributed by atoms with Crippen molar-refractivity contribution in [3.05, 3.63) is 27.5 Å². The van der Waals surface area contributed by atoms with Gasteiger partial charge in [0.25, 0.3) is 10.0 Å². The predicted octanol–water partition coefficient (Wildman–Crippen LogP) is -0.0872. The standard InChI is InChI=1S/C9H13N5O3S2/c1-5(7-12-10-4-14(7)3)13-19(16,17)8-6(2)11-9(15)18-8/h4-5,13H,1-3H3,(H,11,15). The van der Waals surface area contributed by atoms with Gasteiger partial charge in [0.05, 0.1) is 6.04 Å². The number of sulfonamides is 1. The molecule has 0 amide bonds. The quantitative estimate of drug-likeness (QED) is 0.820. The van der Waals surface area contributed by atoms with Gasteiger partial charge >= 0.3 is 4.87 Å². The van der Waals surface area contributed by atoms with Gasteiger partial charge in [-0.3, -0.25) is 4.79 Å². The molecule has 2 aromatic rings. The number of H-pyrrole nitrogens is 1. The Balaban J connectivity index is 2.30. The summed E-state index contributed by atoms with van der Waals surface area (Å²) in [4.78, 5) is 13.2. The van der Waals surface area contributed by atoms with E-state index in [0.29, 0.717) is 22.9 Å². The van der Waals surface area contributed by atoms with Crippen LogP contribution in [0.2, 0.25) is 0 Å². The number of nitrogens with zero attached hydrogens (tertiary/aromatic N) is 3. The van der Waals surface area contributed by atoms with Crippen LogP contribution < -0.4 is 9.60 Å². The van der Waals surface area contributed by atoms with E-state index in [-0.39, 0.29) is 4.21 Å². The van der Waals surface area contributed by atoms with Crippen molar-refractivity contribution in [1.29, 1.82) is 0 Å². The summed E-state index contributed by atoms with van der Waals surface area (Å²) in [5, 5.41) is 7.53. The van der Waals surface area contributed by atoms with Gasteiger partial charge in [-0.15, -0.1) is 10.2 Å². The molecule has 1 atom stereocenters. The summed E-state index contributed by atoms with van der Waals surface area (Å²) in [6, 6.07) is -0.547. The number of rotatable bonds is 4. The van der Waals surface area contributed by atoms with Gasteiger partial charge in [-0.2, -0.15) is 4.72 Å². The maximum Gasteiger partial charge on any atom is 0.305 e. The van der Waals surface area contributed by atoms with Crippen molar-refractivity contribution in [2.24, 2.45) is 7.05 Å². The highest BCUT2D eigenvalue weighted by Crippen LogP contribution is 2.19. The van der Waals surface area contributed by atoms with Crippen molar-refractivity contribution in [3.63, 3.8) is 0 Å². The van der Waals surface area contributed by atoms with Crippen LogP contribution in [0, 0.1) is 6.92 Å². The molecule has 2 heterocycles. The molecule has 0 aliphatic rings. The second-order valence-electron chi connectivity index (χ2n) is 4.07. The van der Waals surface area contributed by atoms with Crippen LogP contribution in [0.3, 0.4) is 0 Å². The molecule has 8 nitrogen and oxygen atoms in total. The van der Waals surface area contributed by atoms with Crippen LogP contribution in [0.25, 0.3) is 0 Å². The number of aromatic nitrogens is 4. The topological polar surface area (TPSA) is 110 Å². The Labute approximate surface area is 113 Å². The van der Waals surface area contributed by atoms with E-state index in [9.17, 15) is 13.2 Å². The van der Waals surface area contributed by atoms with Crippen LogP contribution in [0.1, 0.15) is 24.5 Å². The first-order chi connectivity index (χ1) is 8.81. The van der Waals surface area contributed by atoms with Gasteiger partial charge < -0.3 is 9.55 Å². The van der Waals surface area contributed by atoms with Crippen molar-refractivity contribution in [1.82, 2.24) is 24.5 Å². The van der Waals surface area contributed by atoms with E-state index in [1.165, 1.54) is 6.33 Å². The van der Waals surface area contributed by atoms with Crippen molar-refractivity contribution in [3.8, 4) is 0 Å². The van der Waals surface area contributed by atoms with Gasteiger partial charge in [-0.05, 0) is 13.8 Å². The molecule has 0 aromatic carbocycles. The Morgan fingerprint density at radius 2 is 2.21 bits per heavy atom. The normalized spacial score (nSPS) is 13.6. The molecule has 0 saturated heterocycles. The van der Waals surface area contributed by atoms with Crippen LogP contribution in [-0.4, -0.2) is 28.2 Å². The van der Waals surface area contributed by atoms with E-state index in [1.807, 2.05) is 0 Å². The first-order valence-electron chi connectivity index (χ1n) is 5.37. The maximum atomic E-state index is 12.2. The van der Waals surface area contributed by atoms with Crippen LogP contribution in [0.4, 0.5) is 0 Å². The average Bonchev–Trinajstić information content (AvgIpc) is 2.84. The molecule has 2 rings (SSSR count). The van der Waals surface area contributed by atoms with Crippen LogP contribution in [0.15, 0.2) is 15.3 Å². The summed E-state index contributed by atoms with van der Waals surface area (Å²) >= 11 is 0.660. The molecule has 0 aliphatic carbocycles. The minimum absolute atomic E-state index is 0.00785. The second kappa shape index (κ2) is 4.87. The summed E-state index contributed by atoms with van der Waals surface area (Å²) in [5.74, 6) is 0.490. The van der Waals surface area contributed by atoms with Gasteiger partial charge in [0, 0.05) is 12.7 Å². The number of thiazole rings is 1. The number of hydrogen-bond donors (Lipinski definition) is 2. The lowest BCUT2D eigenvalue weighted by Gasteiger charge is -2.12. The predicted molar refractivity (Wildman–Crippen MR) is 69.4 cm³/mol. The van der Waals surface area contributed by atoms with Gasteiger partial charge in [0.1, 0.15) is 12.2 Å². The molecule has 0 saturated carbocycles. The minimum atomic E-state index is -3.76. The zero-order chi connectivity index (χ0) is 14.2. The van der Waals surface area contributed by atoms with Gasteiger partial charge in [-0.1, -0.05) is 11.3 Å². The third-order valence-corrected chi connectivity index (χ3v) is 5.64. The Bertz CT molecular complexity index is 742. The van der Waals surface area contributed by atoms with Crippen LogP contribution in [-0.2, 0) is 17.1 Å². The maximum absolute atomic E-state index is 12.2. The first-order valence-corrected chi connectivity index (χ1v) is 7.67. The largest absolute Gasteiger partial charge is 0.319 e. The highest BCUT2D eigenvalue weighted by Gasteiger charge is 2.24. The monoisotopic (exact) mass is 303 g/mol. The smallest absolute Gasteiger partial charge is 0.305 e. The van der Waals surface area contributed by atoms with Crippen molar-refractivity contribution >= 4 is 21.4 Å². The molecule has 0 spiro atoms. The van der Waals surface area contributed by atoms with Crippen molar-refractivity contribution in [2.75, 3.05) is 0 Å². The number of nitrogens with one attached hydrogen (secondary N) is 2. The van der Waals surface area contributed by atoms with E-state index < -0.39 is 20.9 Å². The zero-order valence-corrected chi connectivity index (χ0v) is 12.2. The van der Waals surface area contributed by atoms with Crippen molar-refractivity contribution < 1.29 is 8.42 Å². The fourth-order valence-electron chi connectivity index (χ4n) is 1.67. The molecule has 1 unspecified atom stereocenters. The summed E-state index contributed by atoms with van der Waals surface area (Å²) in [7, 11) is -2.03. The average molecular weight is 303 g/mol. The lowest BCUT2D eigenvalue weighted by Crippen LogP contribution is -2.28. The van der Waals surface area contributed by atoms with E-state index in [0.717, 1.165) is 0 Å². The molecule has 10 heteroatoms. The summed E-state index contributed by atoms with van der Waals surface area (Å²) in [6.45, 7) is 3.20. The Hall–Kier alpha value is -1.52. The van der Waals surface area contributed by atoms with Gasteiger partial charge in [0.15, 0.2) is 4.21 Å². The molecular weight excluding hydrogens is 290 g/mol. The van der Waals surface area contributed by atoms with E-state index in [1.54, 1.807) is 25.5 Å². The molecule has 19 heavy (non-hydrogen) atoms. The summed E-state index contributed by atoms with van der Waals surface area (Å²) in [6.07, 6.45) is 1.49. The fourth-order valence-corrected chi connectivity index (χ4v) is 4.19. The Morgan fingerprint density at radius 3 is 2.68 bits per heavy atom. The lowest BCUT2D eigenvalue weighted by molar-refractivity contribution is 0.554. The minimum Gasteiger partial charge on any atom is -0.319 e. The van der Waals surface area contributed by atoms with E-state index >= 15 is 0 Å². The molecule has 0 fully saturated rings. The highest BCUT2D eigenvalue weighted by molar-refractivity contribution is 7.91. The summed E-state index contributed by atoms with van der Waals surface area (Å²) < 4.78 is 28.4. The van der Waals surface area contributed by atoms with Gasteiger partial charge in [0.2, 0.25) is 0 Å². The van der Waals surface area contributed by atoms with Crippen LogP contribution in [0.5, 0.6) is 0 Å². The molecule has 104 valence electrons. The number of hydrogen-bond acceptors (Lipinski definition) is 6. The zero-order valence-electron chi connectivity index (χ0n) is 10.5.